The van der Waals surface area contributed by atoms with Crippen molar-refractivity contribution in [2.24, 2.45) is 0 Å². The molecule has 1 saturated heterocycles. The lowest BCUT2D eigenvalue weighted by Gasteiger charge is -2.46. The van der Waals surface area contributed by atoms with E-state index < -0.39 is 0 Å². The van der Waals surface area contributed by atoms with E-state index in [0.717, 1.165) is 13.1 Å². The van der Waals surface area contributed by atoms with Gasteiger partial charge in [-0.1, -0.05) is 0 Å². The van der Waals surface area contributed by atoms with Gasteiger partial charge in [-0.3, -0.25) is 9.80 Å². The van der Waals surface area contributed by atoms with Crippen molar-refractivity contribution in [3.63, 3.8) is 0 Å². The first-order valence-corrected chi connectivity index (χ1v) is 5.82. The highest BCUT2D eigenvalue weighted by molar-refractivity contribution is 4.99. The van der Waals surface area contributed by atoms with Crippen LogP contribution in [0.4, 0.5) is 0 Å². The summed E-state index contributed by atoms with van der Waals surface area (Å²) in [7, 11) is 0. The highest BCUT2D eigenvalue weighted by Gasteiger charge is 2.33. The Kier molecular flexibility index (Phi) is 4.29. The fourth-order valence-electron chi connectivity index (χ4n) is 2.41. The van der Waals surface area contributed by atoms with Crippen LogP contribution >= 0.6 is 0 Å². The first-order chi connectivity index (χ1) is 7.51. The van der Waals surface area contributed by atoms with Crippen LogP contribution in [0.1, 0.15) is 27.7 Å². The summed E-state index contributed by atoms with van der Waals surface area (Å²) in [5.74, 6) is 0. The van der Waals surface area contributed by atoms with Gasteiger partial charge in [0.1, 0.15) is 0 Å². The van der Waals surface area contributed by atoms with Crippen LogP contribution in [0.25, 0.3) is 0 Å². The molecule has 1 heterocycles. The maximum atomic E-state index is 8.95. The number of rotatable bonds is 2. The van der Waals surface area contributed by atoms with Crippen LogP contribution in [0.15, 0.2) is 0 Å². The van der Waals surface area contributed by atoms with Crippen molar-refractivity contribution in [2.75, 3.05) is 13.1 Å². The number of nitriles is 2. The standard InChI is InChI=1S/C12H20N4/c1-9(5-13)15-7-12(4)16(8-11(15)3)10(2)6-14/h9-12H,7-8H2,1-4H3. The first kappa shape index (κ1) is 13.0. The maximum absolute atomic E-state index is 8.95. The Morgan fingerprint density at radius 2 is 1.25 bits per heavy atom. The van der Waals surface area contributed by atoms with Gasteiger partial charge in [-0.15, -0.1) is 0 Å². The quantitative estimate of drug-likeness (QED) is 0.702. The third-order valence-electron chi connectivity index (χ3n) is 3.45. The molecule has 0 N–H and O–H groups in total. The third kappa shape index (κ3) is 2.52. The lowest BCUT2D eigenvalue weighted by molar-refractivity contribution is 0.0219. The fraction of sp³-hybridized carbons (Fsp3) is 0.833. The zero-order chi connectivity index (χ0) is 12.3. The highest BCUT2D eigenvalue weighted by atomic mass is 15.3. The van der Waals surface area contributed by atoms with E-state index in [1.807, 2.05) is 13.8 Å². The predicted octanol–water partition coefficient (Wildman–Crippen LogP) is 1.21. The molecule has 0 amide bonds. The van der Waals surface area contributed by atoms with E-state index >= 15 is 0 Å². The average molecular weight is 220 g/mol. The molecular formula is C12H20N4. The molecule has 4 unspecified atom stereocenters. The van der Waals surface area contributed by atoms with Gasteiger partial charge in [0.25, 0.3) is 0 Å². The van der Waals surface area contributed by atoms with Gasteiger partial charge in [0.15, 0.2) is 0 Å². The minimum absolute atomic E-state index is 0.0445. The molecule has 0 radical (unpaired) electrons. The molecule has 0 aromatic rings. The van der Waals surface area contributed by atoms with Gasteiger partial charge in [0.05, 0.1) is 24.2 Å². The lowest BCUT2D eigenvalue weighted by Crippen LogP contribution is -2.60. The van der Waals surface area contributed by atoms with Crippen molar-refractivity contribution >= 4 is 0 Å². The minimum atomic E-state index is -0.0445. The zero-order valence-corrected chi connectivity index (χ0v) is 10.5. The largest absolute Gasteiger partial charge is 0.283 e. The molecule has 4 nitrogen and oxygen atoms in total. The number of hydrogen-bond acceptors (Lipinski definition) is 4. The van der Waals surface area contributed by atoms with Gasteiger partial charge in [-0.2, -0.15) is 10.5 Å². The zero-order valence-electron chi connectivity index (χ0n) is 10.5. The number of hydrogen-bond donors (Lipinski definition) is 0. The molecule has 16 heavy (non-hydrogen) atoms. The smallest absolute Gasteiger partial charge is 0.0952 e. The fourth-order valence-corrected chi connectivity index (χ4v) is 2.41. The Balaban J connectivity index is 2.72. The van der Waals surface area contributed by atoms with Crippen molar-refractivity contribution in [3.8, 4) is 12.1 Å². The summed E-state index contributed by atoms with van der Waals surface area (Å²) in [5.41, 5.74) is 0. The van der Waals surface area contributed by atoms with Crippen LogP contribution in [0, 0.1) is 22.7 Å². The average Bonchev–Trinajstić information content (AvgIpc) is 2.29. The van der Waals surface area contributed by atoms with Crippen LogP contribution in [0.2, 0.25) is 0 Å². The van der Waals surface area contributed by atoms with Crippen molar-refractivity contribution in [3.05, 3.63) is 0 Å². The minimum Gasteiger partial charge on any atom is -0.283 e. The summed E-state index contributed by atoms with van der Waals surface area (Å²) < 4.78 is 0. The summed E-state index contributed by atoms with van der Waals surface area (Å²) in [6, 6.07) is 5.15. The Bertz CT molecular complexity index is 282. The second-order valence-electron chi connectivity index (χ2n) is 4.70. The normalized spacial score (nSPS) is 31.4. The van der Waals surface area contributed by atoms with Gasteiger partial charge in [-0.05, 0) is 27.7 Å². The Morgan fingerprint density at radius 1 is 0.938 bits per heavy atom. The number of nitrogens with zero attached hydrogens (tertiary/aromatic N) is 4. The number of piperazine rings is 1. The van der Waals surface area contributed by atoms with Crippen molar-refractivity contribution in [1.82, 2.24) is 9.80 Å². The van der Waals surface area contributed by atoms with E-state index in [1.54, 1.807) is 0 Å². The van der Waals surface area contributed by atoms with E-state index in [2.05, 4.69) is 35.8 Å². The molecule has 0 aromatic heterocycles. The second-order valence-corrected chi connectivity index (χ2v) is 4.70. The molecular weight excluding hydrogens is 200 g/mol. The molecule has 1 aliphatic rings. The van der Waals surface area contributed by atoms with Gasteiger partial charge >= 0.3 is 0 Å². The van der Waals surface area contributed by atoms with Gasteiger partial charge in [0, 0.05) is 25.2 Å². The van der Waals surface area contributed by atoms with Crippen molar-refractivity contribution in [2.45, 2.75) is 51.9 Å². The van der Waals surface area contributed by atoms with Crippen LogP contribution in [-0.2, 0) is 0 Å². The lowest BCUT2D eigenvalue weighted by atomic mass is 10.0. The molecule has 1 aliphatic heterocycles. The molecule has 1 fully saturated rings. The van der Waals surface area contributed by atoms with Crippen LogP contribution in [0.3, 0.4) is 0 Å². The molecule has 0 aliphatic carbocycles. The van der Waals surface area contributed by atoms with Crippen LogP contribution in [-0.4, -0.2) is 47.1 Å². The summed E-state index contributed by atoms with van der Waals surface area (Å²) in [6.07, 6.45) is 0. The molecule has 1 rings (SSSR count). The maximum Gasteiger partial charge on any atom is 0.0952 e. The van der Waals surface area contributed by atoms with E-state index in [0.29, 0.717) is 12.1 Å². The molecule has 0 spiro atoms. The topological polar surface area (TPSA) is 54.1 Å². The summed E-state index contributed by atoms with van der Waals surface area (Å²) in [4.78, 5) is 4.43. The van der Waals surface area contributed by atoms with Crippen LogP contribution < -0.4 is 0 Å². The predicted molar refractivity (Wildman–Crippen MR) is 62.5 cm³/mol. The molecule has 0 aromatic carbocycles. The van der Waals surface area contributed by atoms with Crippen molar-refractivity contribution in [1.29, 1.82) is 10.5 Å². The Hall–Kier alpha value is -1.10. The first-order valence-electron chi connectivity index (χ1n) is 5.82. The van der Waals surface area contributed by atoms with Crippen LogP contribution in [0.5, 0.6) is 0 Å². The molecule has 0 saturated carbocycles. The molecule has 4 heteroatoms. The van der Waals surface area contributed by atoms with Crippen molar-refractivity contribution < 1.29 is 0 Å². The SMILES string of the molecule is CC(C#N)N1CC(C)N(C(C)C#N)CC1C. The van der Waals surface area contributed by atoms with E-state index in [9.17, 15) is 0 Å². The third-order valence-corrected chi connectivity index (χ3v) is 3.45. The van der Waals surface area contributed by atoms with E-state index in [-0.39, 0.29) is 12.1 Å². The summed E-state index contributed by atoms with van der Waals surface area (Å²) in [6.45, 7) is 9.84. The van der Waals surface area contributed by atoms with Gasteiger partial charge < -0.3 is 0 Å². The summed E-state index contributed by atoms with van der Waals surface area (Å²) >= 11 is 0. The van der Waals surface area contributed by atoms with Gasteiger partial charge in [-0.25, -0.2) is 0 Å². The molecule has 88 valence electrons. The molecule has 0 bridgehead atoms. The summed E-state index contributed by atoms with van der Waals surface area (Å²) in [5, 5.41) is 17.9. The van der Waals surface area contributed by atoms with E-state index in [4.69, 9.17) is 10.5 Å². The van der Waals surface area contributed by atoms with Gasteiger partial charge in [0.2, 0.25) is 0 Å². The molecule has 4 atom stereocenters. The Labute approximate surface area is 98.1 Å². The highest BCUT2D eigenvalue weighted by Crippen LogP contribution is 2.19. The second kappa shape index (κ2) is 5.30. The monoisotopic (exact) mass is 220 g/mol. The van der Waals surface area contributed by atoms with E-state index in [1.165, 1.54) is 0 Å². The Morgan fingerprint density at radius 3 is 1.50 bits per heavy atom.